The molecule has 162 valence electrons. The minimum absolute atomic E-state index is 0.0256. The number of hydrogen-bond acceptors (Lipinski definition) is 6. The van der Waals surface area contributed by atoms with Crippen molar-refractivity contribution >= 4 is 35.1 Å². The molecule has 9 nitrogen and oxygen atoms in total. The first-order chi connectivity index (χ1) is 14.4. The monoisotopic (exact) mass is 433 g/mol. The van der Waals surface area contributed by atoms with Gasteiger partial charge in [-0.1, -0.05) is 12.8 Å². The van der Waals surface area contributed by atoms with Gasteiger partial charge < -0.3 is 15.1 Å². The maximum Gasteiger partial charge on any atom is 0.325 e. The Morgan fingerprint density at radius 2 is 1.73 bits per heavy atom. The highest BCUT2D eigenvalue weighted by Crippen LogP contribution is 2.35. The molecule has 1 aromatic rings. The summed E-state index contributed by atoms with van der Waals surface area (Å²) in [6.45, 7) is 3.91. The van der Waals surface area contributed by atoms with Crippen LogP contribution in [0.3, 0.4) is 0 Å². The molecule has 1 saturated carbocycles. The number of carbonyl (C=O) groups is 4. The maximum atomic E-state index is 12.7. The van der Waals surface area contributed by atoms with Crippen molar-refractivity contribution in [1.82, 2.24) is 25.0 Å². The summed E-state index contributed by atoms with van der Waals surface area (Å²) in [6.07, 6.45) is 3.63. The van der Waals surface area contributed by atoms with E-state index in [0.29, 0.717) is 45.4 Å². The number of piperazine rings is 1. The number of urea groups is 1. The summed E-state index contributed by atoms with van der Waals surface area (Å²) in [7, 11) is 0. The summed E-state index contributed by atoms with van der Waals surface area (Å²) in [5, 5.41) is 5.58. The second kappa shape index (κ2) is 8.33. The topological polar surface area (TPSA) is 103 Å². The number of aromatic nitrogens is 1. The van der Waals surface area contributed by atoms with Crippen molar-refractivity contribution in [2.45, 2.75) is 51.0 Å². The minimum atomic E-state index is -0.734. The van der Waals surface area contributed by atoms with Crippen molar-refractivity contribution in [2.75, 3.05) is 32.7 Å². The van der Waals surface area contributed by atoms with Gasteiger partial charge in [-0.25, -0.2) is 9.78 Å². The molecule has 0 aromatic carbocycles. The third-order valence-electron chi connectivity index (χ3n) is 6.21. The van der Waals surface area contributed by atoms with Crippen molar-refractivity contribution < 1.29 is 19.2 Å². The fourth-order valence-corrected chi connectivity index (χ4v) is 5.26. The van der Waals surface area contributed by atoms with Gasteiger partial charge in [0, 0.05) is 50.2 Å². The molecule has 5 amide bonds. The van der Waals surface area contributed by atoms with E-state index in [1.807, 2.05) is 12.3 Å². The van der Waals surface area contributed by atoms with Crippen molar-refractivity contribution in [2.24, 2.45) is 0 Å². The molecule has 0 unspecified atom stereocenters. The van der Waals surface area contributed by atoms with Crippen molar-refractivity contribution in [3.63, 3.8) is 0 Å². The predicted molar refractivity (Wildman–Crippen MR) is 110 cm³/mol. The van der Waals surface area contributed by atoms with Crippen LogP contribution in [0.25, 0.3) is 0 Å². The molecular weight excluding hydrogens is 406 g/mol. The van der Waals surface area contributed by atoms with E-state index >= 15 is 0 Å². The van der Waals surface area contributed by atoms with Crippen LogP contribution in [0.15, 0.2) is 5.38 Å². The normalized spacial score (nSPS) is 20.9. The average Bonchev–Trinajstić information content (AvgIpc) is 3.42. The number of nitrogens with zero attached hydrogens (tertiary/aromatic N) is 4. The summed E-state index contributed by atoms with van der Waals surface area (Å²) in [6, 6.07) is -0.387. The highest BCUT2D eigenvalue weighted by Gasteiger charge is 2.52. The smallest absolute Gasteiger partial charge is 0.325 e. The zero-order chi connectivity index (χ0) is 21.3. The number of amides is 5. The van der Waals surface area contributed by atoms with Gasteiger partial charge in [0.25, 0.3) is 5.91 Å². The van der Waals surface area contributed by atoms with Crippen molar-refractivity contribution in [1.29, 1.82) is 0 Å². The van der Waals surface area contributed by atoms with Gasteiger partial charge in [-0.2, -0.15) is 0 Å². The van der Waals surface area contributed by atoms with Crippen LogP contribution in [0.2, 0.25) is 0 Å². The Bertz CT molecular complexity index is 855. The Morgan fingerprint density at radius 1 is 1.10 bits per heavy atom. The molecule has 2 aliphatic heterocycles. The quantitative estimate of drug-likeness (QED) is 0.696. The summed E-state index contributed by atoms with van der Waals surface area (Å²) < 4.78 is 0. The van der Waals surface area contributed by atoms with Crippen LogP contribution in [0, 0.1) is 6.92 Å². The molecule has 10 heteroatoms. The van der Waals surface area contributed by atoms with E-state index in [9.17, 15) is 19.2 Å². The molecule has 1 spiro atoms. The van der Waals surface area contributed by atoms with Crippen molar-refractivity contribution in [3.05, 3.63) is 16.1 Å². The van der Waals surface area contributed by atoms with Crippen LogP contribution < -0.4 is 5.32 Å². The van der Waals surface area contributed by atoms with Gasteiger partial charge in [-0.3, -0.25) is 19.3 Å². The van der Waals surface area contributed by atoms with Gasteiger partial charge >= 0.3 is 6.03 Å². The van der Waals surface area contributed by atoms with E-state index in [2.05, 4.69) is 10.3 Å². The van der Waals surface area contributed by atoms with E-state index in [0.717, 1.165) is 23.5 Å². The van der Waals surface area contributed by atoms with E-state index in [1.54, 1.807) is 9.80 Å². The Balaban J connectivity index is 1.23. The fourth-order valence-electron chi connectivity index (χ4n) is 4.49. The first-order valence-electron chi connectivity index (χ1n) is 10.5. The lowest BCUT2D eigenvalue weighted by Gasteiger charge is -2.35. The number of rotatable bonds is 5. The Morgan fingerprint density at radius 3 is 2.33 bits per heavy atom. The molecule has 1 aromatic heterocycles. The number of hydrogen-bond donors (Lipinski definition) is 1. The largest absolute Gasteiger partial charge is 0.339 e. The van der Waals surface area contributed by atoms with Crippen LogP contribution in [0.4, 0.5) is 4.79 Å². The molecule has 1 N–H and O–H groups in total. The fraction of sp³-hybridized carbons (Fsp3) is 0.650. The molecule has 0 atom stereocenters. The Kier molecular flexibility index (Phi) is 5.77. The zero-order valence-corrected chi connectivity index (χ0v) is 18.0. The second-order valence-electron chi connectivity index (χ2n) is 8.25. The van der Waals surface area contributed by atoms with Gasteiger partial charge in [0.05, 0.1) is 6.42 Å². The summed E-state index contributed by atoms with van der Waals surface area (Å²) in [4.78, 5) is 58.9. The van der Waals surface area contributed by atoms with Crippen LogP contribution in [0.5, 0.6) is 0 Å². The number of nitrogens with one attached hydrogen (secondary N) is 1. The molecule has 3 heterocycles. The lowest BCUT2D eigenvalue weighted by atomic mass is 9.98. The lowest BCUT2D eigenvalue weighted by Crippen LogP contribution is -2.51. The van der Waals surface area contributed by atoms with Gasteiger partial charge in [0.1, 0.15) is 10.5 Å². The van der Waals surface area contributed by atoms with Gasteiger partial charge in [0.2, 0.25) is 11.8 Å². The molecule has 0 bridgehead atoms. The van der Waals surface area contributed by atoms with Gasteiger partial charge in [-0.15, -0.1) is 11.3 Å². The molecule has 2 saturated heterocycles. The molecule has 4 rings (SSSR count). The molecular formula is C20H27N5O4S. The highest BCUT2D eigenvalue weighted by atomic mass is 32.1. The zero-order valence-electron chi connectivity index (χ0n) is 17.2. The number of imide groups is 1. The average molecular weight is 434 g/mol. The van der Waals surface area contributed by atoms with Crippen molar-refractivity contribution in [3.8, 4) is 0 Å². The molecule has 0 radical (unpaired) electrons. The predicted octanol–water partition coefficient (Wildman–Crippen LogP) is 0.920. The van der Waals surface area contributed by atoms with Crippen LogP contribution in [-0.2, 0) is 20.8 Å². The molecule has 1 aliphatic carbocycles. The standard InChI is InChI=1S/C20H27N5O4S/c1-14-13-30-15(21-14)12-17(27)24-10-8-23(9-11-24)16(26)4-7-25-18(28)20(22-19(25)29)5-2-3-6-20/h13H,2-12H2,1H3,(H,22,29). The highest BCUT2D eigenvalue weighted by molar-refractivity contribution is 7.09. The van der Waals surface area contributed by atoms with E-state index < -0.39 is 5.54 Å². The second-order valence-corrected chi connectivity index (χ2v) is 9.19. The van der Waals surface area contributed by atoms with Crippen LogP contribution in [0.1, 0.15) is 42.8 Å². The summed E-state index contributed by atoms with van der Waals surface area (Å²) in [5.41, 5.74) is 0.185. The first kappa shape index (κ1) is 20.8. The van der Waals surface area contributed by atoms with E-state index in [4.69, 9.17) is 0 Å². The van der Waals surface area contributed by atoms with Gasteiger partial charge in [0.15, 0.2) is 0 Å². The third kappa shape index (κ3) is 4.05. The summed E-state index contributed by atoms with van der Waals surface area (Å²) in [5.74, 6) is -0.256. The Hall–Kier alpha value is -2.49. The van der Waals surface area contributed by atoms with Crippen LogP contribution in [-0.4, -0.2) is 81.7 Å². The number of carbonyl (C=O) groups excluding carboxylic acids is 4. The lowest BCUT2D eigenvalue weighted by molar-refractivity contribution is -0.139. The minimum Gasteiger partial charge on any atom is -0.339 e. The van der Waals surface area contributed by atoms with E-state index in [1.165, 1.54) is 16.2 Å². The molecule has 3 fully saturated rings. The summed E-state index contributed by atoms with van der Waals surface area (Å²) >= 11 is 1.49. The Labute approximate surface area is 179 Å². The SMILES string of the molecule is Cc1csc(CC(=O)N2CCN(C(=O)CCN3C(=O)NC4(CCCC4)C3=O)CC2)n1. The first-order valence-corrected chi connectivity index (χ1v) is 11.4. The molecule has 30 heavy (non-hydrogen) atoms. The number of aryl methyl sites for hydroxylation is 1. The maximum absolute atomic E-state index is 12.7. The van der Waals surface area contributed by atoms with E-state index in [-0.39, 0.29) is 36.7 Å². The molecule has 3 aliphatic rings. The van der Waals surface area contributed by atoms with Gasteiger partial charge in [-0.05, 0) is 19.8 Å². The number of thiazole rings is 1. The van der Waals surface area contributed by atoms with Crippen LogP contribution >= 0.6 is 11.3 Å². The third-order valence-corrected chi connectivity index (χ3v) is 7.17.